The monoisotopic (exact) mass is 311 g/mol. The van der Waals surface area contributed by atoms with E-state index >= 15 is 0 Å². The Kier molecular flexibility index (Phi) is 4.22. The average Bonchev–Trinajstić information content (AvgIpc) is 2.44. The molecule has 0 fully saturated rings. The van der Waals surface area contributed by atoms with Crippen molar-refractivity contribution in [1.82, 2.24) is 0 Å². The van der Waals surface area contributed by atoms with Gasteiger partial charge in [-0.05, 0) is 24.3 Å². The van der Waals surface area contributed by atoms with Crippen LogP contribution in [0.3, 0.4) is 0 Å². The van der Waals surface area contributed by atoms with Crippen LogP contribution in [0.15, 0.2) is 36.4 Å². The van der Waals surface area contributed by atoms with E-state index in [2.05, 4.69) is 0 Å². The van der Waals surface area contributed by atoms with Gasteiger partial charge in [0.25, 0.3) is 0 Å². The molecule has 2 aromatic carbocycles. The molecule has 0 amide bonds. The van der Waals surface area contributed by atoms with E-state index in [1.54, 1.807) is 12.1 Å². The van der Waals surface area contributed by atoms with E-state index in [4.69, 9.17) is 27.9 Å². The molecule has 102 valence electrons. The standard InChI is InChI=1S/C13H7Cl2NO4/c14-9-2-1-3-12(13(9)15)20-11-5-4-8(7-17)6-10(11)16(18)19/h1-7H. The molecule has 0 N–H and O–H groups in total. The van der Waals surface area contributed by atoms with Crippen molar-refractivity contribution in [3.63, 3.8) is 0 Å². The summed E-state index contributed by atoms with van der Waals surface area (Å²) in [7, 11) is 0. The van der Waals surface area contributed by atoms with E-state index in [1.165, 1.54) is 18.2 Å². The predicted octanol–water partition coefficient (Wildman–Crippen LogP) is 4.51. The molecule has 0 spiro atoms. The Morgan fingerprint density at radius 2 is 1.90 bits per heavy atom. The summed E-state index contributed by atoms with van der Waals surface area (Å²) in [6.07, 6.45) is 0.517. The summed E-state index contributed by atoms with van der Waals surface area (Å²) < 4.78 is 5.41. The molecule has 0 unspecified atom stereocenters. The molecule has 0 saturated carbocycles. The van der Waals surface area contributed by atoms with Crippen molar-refractivity contribution < 1.29 is 14.5 Å². The Morgan fingerprint density at radius 3 is 2.55 bits per heavy atom. The van der Waals surface area contributed by atoms with Crippen LogP contribution >= 0.6 is 23.2 Å². The summed E-state index contributed by atoms with van der Waals surface area (Å²) in [5.74, 6) is 0.172. The lowest BCUT2D eigenvalue weighted by Gasteiger charge is -2.08. The summed E-state index contributed by atoms with van der Waals surface area (Å²) in [5, 5.41) is 11.4. The third-order valence-electron chi connectivity index (χ3n) is 2.45. The number of aldehydes is 1. The first-order valence-electron chi connectivity index (χ1n) is 5.38. The van der Waals surface area contributed by atoms with Crippen LogP contribution in [0.5, 0.6) is 11.5 Å². The zero-order chi connectivity index (χ0) is 14.7. The highest BCUT2D eigenvalue weighted by molar-refractivity contribution is 6.42. The molecule has 0 aromatic heterocycles. The Morgan fingerprint density at radius 1 is 1.15 bits per heavy atom. The van der Waals surface area contributed by atoms with Crippen molar-refractivity contribution in [3.8, 4) is 11.5 Å². The van der Waals surface area contributed by atoms with Gasteiger partial charge in [0.2, 0.25) is 5.75 Å². The maximum Gasteiger partial charge on any atom is 0.312 e. The molecule has 2 aromatic rings. The highest BCUT2D eigenvalue weighted by Gasteiger charge is 2.18. The van der Waals surface area contributed by atoms with Gasteiger partial charge >= 0.3 is 5.69 Å². The molecule has 5 nitrogen and oxygen atoms in total. The SMILES string of the molecule is O=Cc1ccc(Oc2cccc(Cl)c2Cl)c([N+](=O)[O-])c1. The lowest BCUT2D eigenvalue weighted by molar-refractivity contribution is -0.385. The summed E-state index contributed by atoms with van der Waals surface area (Å²) in [6, 6.07) is 8.58. The van der Waals surface area contributed by atoms with E-state index < -0.39 is 4.92 Å². The number of ether oxygens (including phenoxy) is 1. The Hall–Kier alpha value is -2.11. The van der Waals surface area contributed by atoms with Crippen molar-refractivity contribution in [3.05, 3.63) is 62.1 Å². The second kappa shape index (κ2) is 5.90. The van der Waals surface area contributed by atoms with Gasteiger partial charge in [0, 0.05) is 11.6 Å². The number of rotatable bonds is 4. The molecule has 0 radical (unpaired) electrons. The van der Waals surface area contributed by atoms with Gasteiger partial charge in [-0.2, -0.15) is 0 Å². The fourth-order valence-electron chi connectivity index (χ4n) is 1.52. The highest BCUT2D eigenvalue weighted by atomic mass is 35.5. The number of hydrogen-bond acceptors (Lipinski definition) is 4. The first-order valence-corrected chi connectivity index (χ1v) is 6.14. The van der Waals surface area contributed by atoms with Crippen molar-refractivity contribution in [2.24, 2.45) is 0 Å². The van der Waals surface area contributed by atoms with Gasteiger partial charge in [-0.25, -0.2) is 0 Å². The van der Waals surface area contributed by atoms with Gasteiger partial charge in [0.1, 0.15) is 17.1 Å². The molecule has 0 heterocycles. The third-order valence-corrected chi connectivity index (χ3v) is 3.25. The fourth-order valence-corrected chi connectivity index (χ4v) is 1.85. The summed E-state index contributed by atoms with van der Waals surface area (Å²) in [4.78, 5) is 21.0. The van der Waals surface area contributed by atoms with Crippen molar-refractivity contribution in [1.29, 1.82) is 0 Å². The number of nitrogens with zero attached hydrogens (tertiary/aromatic N) is 1. The van der Waals surface area contributed by atoms with Crippen LogP contribution in [0.4, 0.5) is 5.69 Å². The zero-order valence-corrected chi connectivity index (χ0v) is 11.4. The van der Waals surface area contributed by atoms with Gasteiger partial charge < -0.3 is 4.74 Å². The van der Waals surface area contributed by atoms with Crippen molar-refractivity contribution in [2.75, 3.05) is 0 Å². The molecule has 20 heavy (non-hydrogen) atoms. The second-order valence-electron chi connectivity index (χ2n) is 3.76. The van der Waals surface area contributed by atoms with Gasteiger partial charge in [-0.1, -0.05) is 29.3 Å². The molecule has 0 atom stereocenters. The van der Waals surface area contributed by atoms with E-state index in [-0.39, 0.29) is 32.8 Å². The molecule has 7 heteroatoms. The third kappa shape index (κ3) is 2.89. The predicted molar refractivity (Wildman–Crippen MR) is 75.0 cm³/mol. The van der Waals surface area contributed by atoms with Crippen molar-refractivity contribution >= 4 is 35.2 Å². The number of halogens is 2. The van der Waals surface area contributed by atoms with Gasteiger partial charge in [0.05, 0.1) is 9.95 Å². The highest BCUT2D eigenvalue weighted by Crippen LogP contribution is 2.38. The maximum absolute atomic E-state index is 11.0. The van der Waals surface area contributed by atoms with Crippen LogP contribution in [-0.4, -0.2) is 11.2 Å². The number of carbonyl (C=O) groups excluding carboxylic acids is 1. The average molecular weight is 312 g/mol. The second-order valence-corrected chi connectivity index (χ2v) is 4.54. The molecule has 0 aliphatic carbocycles. The lowest BCUT2D eigenvalue weighted by atomic mass is 10.2. The fraction of sp³-hybridized carbons (Fsp3) is 0. The number of nitro groups is 1. The van der Waals surface area contributed by atoms with Crippen LogP contribution < -0.4 is 4.74 Å². The quantitative estimate of drug-likeness (QED) is 0.473. The number of carbonyl (C=O) groups is 1. The normalized spacial score (nSPS) is 10.1. The number of benzene rings is 2. The van der Waals surface area contributed by atoms with E-state index in [1.807, 2.05) is 0 Å². The van der Waals surface area contributed by atoms with Crippen LogP contribution in [0.1, 0.15) is 10.4 Å². The lowest BCUT2D eigenvalue weighted by Crippen LogP contribution is -1.95. The topological polar surface area (TPSA) is 69.4 Å². The van der Waals surface area contributed by atoms with Crippen LogP contribution in [0.2, 0.25) is 10.0 Å². The minimum Gasteiger partial charge on any atom is -0.449 e. The van der Waals surface area contributed by atoms with E-state index in [0.29, 0.717) is 6.29 Å². The Balaban J connectivity index is 2.45. The van der Waals surface area contributed by atoms with E-state index in [0.717, 1.165) is 6.07 Å². The molecule has 0 aliphatic rings. The molecule has 0 aliphatic heterocycles. The summed E-state index contributed by atoms with van der Waals surface area (Å²) >= 11 is 11.8. The van der Waals surface area contributed by atoms with Gasteiger partial charge in [-0.15, -0.1) is 0 Å². The number of nitro benzene ring substituents is 1. The largest absolute Gasteiger partial charge is 0.449 e. The summed E-state index contributed by atoms with van der Waals surface area (Å²) in [5.41, 5.74) is -0.146. The van der Waals surface area contributed by atoms with Crippen LogP contribution in [-0.2, 0) is 0 Å². The minimum atomic E-state index is -0.638. The van der Waals surface area contributed by atoms with Crippen LogP contribution in [0.25, 0.3) is 0 Å². The zero-order valence-electron chi connectivity index (χ0n) is 9.88. The Bertz CT molecular complexity index is 688. The number of hydrogen-bond donors (Lipinski definition) is 0. The molecule has 0 saturated heterocycles. The maximum atomic E-state index is 11.0. The first kappa shape index (κ1) is 14.3. The first-order chi connectivity index (χ1) is 9.52. The van der Waals surface area contributed by atoms with Gasteiger partial charge in [0.15, 0.2) is 0 Å². The molecule has 0 bridgehead atoms. The molecule has 2 rings (SSSR count). The molecular weight excluding hydrogens is 305 g/mol. The van der Waals surface area contributed by atoms with Crippen molar-refractivity contribution in [2.45, 2.75) is 0 Å². The smallest absolute Gasteiger partial charge is 0.312 e. The van der Waals surface area contributed by atoms with E-state index in [9.17, 15) is 14.9 Å². The molecular formula is C13H7Cl2NO4. The van der Waals surface area contributed by atoms with Crippen LogP contribution in [0, 0.1) is 10.1 Å². The summed E-state index contributed by atoms with van der Waals surface area (Å²) in [6.45, 7) is 0. The Labute approximate surface area is 123 Å². The van der Waals surface area contributed by atoms with Gasteiger partial charge in [-0.3, -0.25) is 14.9 Å². The minimum absolute atomic E-state index is 0.0234.